The van der Waals surface area contributed by atoms with Gasteiger partial charge in [0.1, 0.15) is 17.2 Å². The third-order valence-corrected chi connectivity index (χ3v) is 3.74. The Morgan fingerprint density at radius 2 is 1.80 bits per heavy atom. The van der Waals surface area contributed by atoms with Crippen LogP contribution in [0.2, 0.25) is 0 Å². The average molecular weight is 341 g/mol. The Bertz CT molecular complexity index is 796. The lowest BCUT2D eigenvalue weighted by Gasteiger charge is -2.10. The van der Waals surface area contributed by atoms with Crippen molar-refractivity contribution in [3.05, 3.63) is 53.1 Å². The summed E-state index contributed by atoms with van der Waals surface area (Å²) in [6, 6.07) is 10.5. The Hall–Kier alpha value is -2.95. The predicted octanol–water partition coefficient (Wildman–Crippen LogP) is 3.97. The molecule has 0 heterocycles. The molecule has 0 unspecified atom stereocenters. The van der Waals surface area contributed by atoms with Crippen LogP contribution in [0.15, 0.2) is 42.0 Å². The molecule has 132 valence electrons. The van der Waals surface area contributed by atoms with Crippen LogP contribution in [-0.4, -0.2) is 26.6 Å². The fraction of sp³-hybridized carbons (Fsp3) is 0.250. The molecule has 0 saturated heterocycles. The Morgan fingerprint density at radius 3 is 2.40 bits per heavy atom. The number of ether oxygens (including phenoxy) is 3. The van der Waals surface area contributed by atoms with E-state index in [1.165, 1.54) is 0 Å². The molecule has 0 spiro atoms. The average Bonchev–Trinajstić information content (AvgIpc) is 2.62. The van der Waals surface area contributed by atoms with Crippen LogP contribution in [0, 0.1) is 0 Å². The first kappa shape index (κ1) is 18.4. The Labute approximate surface area is 148 Å². The molecule has 0 atom stereocenters. The minimum absolute atomic E-state index is 0.111. The van der Waals surface area contributed by atoms with Crippen LogP contribution in [0.5, 0.6) is 17.2 Å². The lowest BCUT2D eigenvalue weighted by atomic mass is 10.0. The highest BCUT2D eigenvalue weighted by molar-refractivity contribution is 6.11. The summed E-state index contributed by atoms with van der Waals surface area (Å²) in [5.74, 6) is 1.83. The second kappa shape index (κ2) is 8.24. The number of ketones is 1. The molecule has 0 aliphatic heterocycles. The number of hydrogen-bond acceptors (Lipinski definition) is 5. The van der Waals surface area contributed by atoms with Crippen LogP contribution in [0.1, 0.15) is 29.8 Å². The molecule has 2 rings (SSSR count). The lowest BCUT2D eigenvalue weighted by molar-refractivity contribution is 0.103. The van der Waals surface area contributed by atoms with Crippen molar-refractivity contribution in [1.82, 2.24) is 0 Å². The van der Waals surface area contributed by atoms with Crippen LogP contribution in [0.4, 0.5) is 5.69 Å². The number of methoxy groups -OCH3 is 2. The molecule has 2 aromatic rings. The fourth-order valence-corrected chi connectivity index (χ4v) is 2.46. The summed E-state index contributed by atoms with van der Waals surface area (Å²) >= 11 is 0. The van der Waals surface area contributed by atoms with Gasteiger partial charge in [0.05, 0.1) is 26.5 Å². The molecule has 0 radical (unpaired) electrons. The molecule has 0 aromatic heterocycles. The summed E-state index contributed by atoms with van der Waals surface area (Å²) in [5, 5.41) is 0. The monoisotopic (exact) mass is 341 g/mol. The van der Waals surface area contributed by atoms with Crippen LogP contribution in [0.25, 0.3) is 6.08 Å². The zero-order valence-corrected chi connectivity index (χ0v) is 15.0. The highest BCUT2D eigenvalue weighted by Gasteiger charge is 2.12. The summed E-state index contributed by atoms with van der Waals surface area (Å²) in [4.78, 5) is 12.7. The first-order chi connectivity index (χ1) is 12.0. The number of benzene rings is 2. The van der Waals surface area contributed by atoms with E-state index in [9.17, 15) is 4.79 Å². The van der Waals surface area contributed by atoms with Crippen molar-refractivity contribution in [1.29, 1.82) is 0 Å². The highest BCUT2D eigenvalue weighted by atomic mass is 16.5. The number of carbonyl (C=O) groups is 1. The summed E-state index contributed by atoms with van der Waals surface area (Å²) < 4.78 is 16.0. The second-order valence-corrected chi connectivity index (χ2v) is 5.45. The van der Waals surface area contributed by atoms with Gasteiger partial charge < -0.3 is 19.9 Å². The predicted molar refractivity (Wildman–Crippen MR) is 99.6 cm³/mol. The van der Waals surface area contributed by atoms with Gasteiger partial charge in [-0.15, -0.1) is 0 Å². The van der Waals surface area contributed by atoms with Gasteiger partial charge in [0.25, 0.3) is 0 Å². The van der Waals surface area contributed by atoms with Crippen molar-refractivity contribution in [2.45, 2.75) is 13.8 Å². The van der Waals surface area contributed by atoms with Gasteiger partial charge in [-0.05, 0) is 61.9 Å². The molecule has 0 fully saturated rings. The quantitative estimate of drug-likeness (QED) is 0.469. The molecular formula is C20H23NO4. The summed E-state index contributed by atoms with van der Waals surface area (Å²) in [5.41, 5.74) is 8.24. The van der Waals surface area contributed by atoms with E-state index in [0.717, 1.165) is 5.56 Å². The number of allylic oxidation sites excluding steroid dienone is 1. The van der Waals surface area contributed by atoms with Gasteiger partial charge in [0.15, 0.2) is 5.78 Å². The molecule has 5 nitrogen and oxygen atoms in total. The molecule has 0 aliphatic rings. The zero-order chi connectivity index (χ0) is 18.4. The van der Waals surface area contributed by atoms with Gasteiger partial charge in [-0.1, -0.05) is 0 Å². The first-order valence-corrected chi connectivity index (χ1v) is 7.97. The maximum Gasteiger partial charge on any atom is 0.188 e. The van der Waals surface area contributed by atoms with E-state index in [4.69, 9.17) is 19.9 Å². The second-order valence-electron chi connectivity index (χ2n) is 5.45. The topological polar surface area (TPSA) is 70.8 Å². The number of nitrogen functional groups attached to an aromatic ring is 1. The molecule has 2 N–H and O–H groups in total. The molecule has 0 amide bonds. The summed E-state index contributed by atoms with van der Waals surface area (Å²) in [6.45, 7) is 4.16. The Kier molecular flexibility index (Phi) is 6.06. The molecule has 0 bridgehead atoms. The minimum Gasteiger partial charge on any atom is -0.497 e. The van der Waals surface area contributed by atoms with Gasteiger partial charge in [-0.25, -0.2) is 0 Å². The van der Waals surface area contributed by atoms with E-state index in [1.807, 2.05) is 13.0 Å². The third-order valence-electron chi connectivity index (χ3n) is 3.74. The fourth-order valence-electron chi connectivity index (χ4n) is 2.46. The van der Waals surface area contributed by atoms with Crippen LogP contribution < -0.4 is 19.9 Å². The van der Waals surface area contributed by atoms with Crippen LogP contribution in [-0.2, 0) is 0 Å². The Balaban J connectivity index is 2.33. The summed E-state index contributed by atoms with van der Waals surface area (Å²) in [7, 11) is 3.18. The third kappa shape index (κ3) is 4.32. The van der Waals surface area contributed by atoms with Crippen LogP contribution in [0.3, 0.4) is 0 Å². The van der Waals surface area contributed by atoms with E-state index in [-0.39, 0.29) is 5.78 Å². The zero-order valence-electron chi connectivity index (χ0n) is 15.0. The lowest BCUT2D eigenvalue weighted by Crippen LogP contribution is -2.04. The van der Waals surface area contributed by atoms with Crippen molar-refractivity contribution in [3.63, 3.8) is 0 Å². The highest BCUT2D eigenvalue weighted by Crippen LogP contribution is 2.28. The molecule has 25 heavy (non-hydrogen) atoms. The van der Waals surface area contributed by atoms with E-state index in [0.29, 0.717) is 40.7 Å². The molecule has 0 saturated carbocycles. The number of rotatable bonds is 7. The van der Waals surface area contributed by atoms with Crippen molar-refractivity contribution < 1.29 is 19.0 Å². The molecular weight excluding hydrogens is 318 g/mol. The molecule has 2 aromatic carbocycles. The maximum atomic E-state index is 12.7. The van der Waals surface area contributed by atoms with Gasteiger partial charge in [-0.2, -0.15) is 0 Å². The first-order valence-electron chi connectivity index (χ1n) is 7.97. The van der Waals surface area contributed by atoms with Gasteiger partial charge >= 0.3 is 0 Å². The number of hydrogen-bond donors (Lipinski definition) is 1. The normalized spacial score (nSPS) is 11.1. The van der Waals surface area contributed by atoms with Gasteiger partial charge in [0.2, 0.25) is 0 Å². The van der Waals surface area contributed by atoms with E-state index < -0.39 is 0 Å². The number of nitrogens with two attached hydrogens (primary N) is 1. The minimum atomic E-state index is -0.111. The standard InChI is InChI=1S/C20H23NO4/c1-5-25-19-8-6-14(12-17(19)21)20(22)13(2)10-15-11-16(23-3)7-9-18(15)24-4/h6-12H,5,21H2,1-4H3/b13-10+. The van der Waals surface area contributed by atoms with Gasteiger partial charge in [-0.3, -0.25) is 4.79 Å². The van der Waals surface area contributed by atoms with E-state index in [2.05, 4.69) is 0 Å². The van der Waals surface area contributed by atoms with Crippen molar-refractivity contribution in [2.24, 2.45) is 0 Å². The van der Waals surface area contributed by atoms with Crippen molar-refractivity contribution in [2.75, 3.05) is 26.6 Å². The Morgan fingerprint density at radius 1 is 1.08 bits per heavy atom. The summed E-state index contributed by atoms with van der Waals surface area (Å²) in [6.07, 6.45) is 1.77. The SMILES string of the molecule is CCOc1ccc(C(=O)/C(C)=C/c2cc(OC)ccc2OC)cc1N. The number of Topliss-reactive ketones (excluding diaryl/α,β-unsaturated/α-hetero) is 1. The van der Waals surface area contributed by atoms with Crippen LogP contribution >= 0.6 is 0 Å². The molecule has 0 aliphatic carbocycles. The molecule has 5 heteroatoms. The number of anilines is 1. The maximum absolute atomic E-state index is 12.7. The van der Waals surface area contributed by atoms with E-state index in [1.54, 1.807) is 57.6 Å². The number of carbonyl (C=O) groups excluding carboxylic acids is 1. The smallest absolute Gasteiger partial charge is 0.188 e. The van der Waals surface area contributed by atoms with E-state index >= 15 is 0 Å². The largest absolute Gasteiger partial charge is 0.497 e. The van der Waals surface area contributed by atoms with Crippen molar-refractivity contribution in [3.8, 4) is 17.2 Å². The van der Waals surface area contributed by atoms with Crippen molar-refractivity contribution >= 4 is 17.5 Å². The van der Waals surface area contributed by atoms with Gasteiger partial charge in [0, 0.05) is 11.1 Å².